The minimum atomic E-state index is -0.813. The SMILES string of the molecule is CC1(C)OC2[C@@H](CN=[N+]=[N-])O[C@@H](n3cnc4c(=O)[nH]c(N)nc43)[C@H]2O1. The third-order valence-corrected chi connectivity index (χ3v) is 4.17. The molecule has 0 aliphatic carbocycles. The van der Waals surface area contributed by atoms with E-state index in [4.69, 9.17) is 25.5 Å². The molecule has 0 bridgehead atoms. The number of nitrogens with two attached hydrogens (primary N) is 1. The van der Waals surface area contributed by atoms with Gasteiger partial charge in [0, 0.05) is 4.91 Å². The average molecular weight is 348 g/mol. The summed E-state index contributed by atoms with van der Waals surface area (Å²) in [5, 5.41) is 3.57. The van der Waals surface area contributed by atoms with E-state index in [2.05, 4.69) is 25.0 Å². The summed E-state index contributed by atoms with van der Waals surface area (Å²) in [5.74, 6) is -0.838. The number of rotatable bonds is 3. The van der Waals surface area contributed by atoms with Crippen LogP contribution < -0.4 is 11.3 Å². The number of ether oxygens (including phenoxy) is 3. The van der Waals surface area contributed by atoms with Crippen LogP contribution in [0.4, 0.5) is 5.95 Å². The zero-order valence-corrected chi connectivity index (χ0v) is 13.5. The van der Waals surface area contributed by atoms with E-state index in [0.717, 1.165) is 0 Å². The number of fused-ring (bicyclic) bond motifs is 2. The van der Waals surface area contributed by atoms with E-state index in [-0.39, 0.29) is 23.7 Å². The van der Waals surface area contributed by atoms with E-state index in [1.54, 1.807) is 18.4 Å². The lowest BCUT2D eigenvalue weighted by molar-refractivity contribution is -0.195. The first-order valence-corrected chi connectivity index (χ1v) is 7.64. The van der Waals surface area contributed by atoms with Crippen LogP contribution >= 0.6 is 0 Å². The Morgan fingerprint density at radius 1 is 1.48 bits per heavy atom. The van der Waals surface area contributed by atoms with Crippen LogP contribution in [0.15, 0.2) is 16.2 Å². The van der Waals surface area contributed by atoms with Gasteiger partial charge in [0.15, 0.2) is 23.2 Å². The van der Waals surface area contributed by atoms with Crippen LogP contribution in [0.1, 0.15) is 20.1 Å². The molecule has 12 heteroatoms. The number of hydrogen-bond acceptors (Lipinski definition) is 8. The second kappa shape index (κ2) is 5.43. The van der Waals surface area contributed by atoms with Gasteiger partial charge in [-0.3, -0.25) is 14.3 Å². The molecule has 25 heavy (non-hydrogen) atoms. The van der Waals surface area contributed by atoms with E-state index < -0.39 is 35.9 Å². The van der Waals surface area contributed by atoms with Crippen molar-refractivity contribution in [2.24, 2.45) is 5.11 Å². The third kappa shape index (κ3) is 2.51. The molecular formula is C13H16N8O4. The molecule has 2 aromatic rings. The molecule has 0 aromatic carbocycles. The van der Waals surface area contributed by atoms with Crippen molar-refractivity contribution in [3.05, 3.63) is 27.1 Å². The molecule has 4 atom stereocenters. The van der Waals surface area contributed by atoms with Crippen LogP contribution in [-0.4, -0.2) is 50.2 Å². The minimum absolute atomic E-state index is 0.0247. The number of nitrogens with zero attached hydrogens (tertiary/aromatic N) is 6. The van der Waals surface area contributed by atoms with Gasteiger partial charge in [0.1, 0.15) is 12.2 Å². The van der Waals surface area contributed by atoms with E-state index in [0.29, 0.717) is 0 Å². The molecule has 2 aliphatic heterocycles. The van der Waals surface area contributed by atoms with Gasteiger partial charge in [-0.25, -0.2) is 4.98 Å². The van der Waals surface area contributed by atoms with Gasteiger partial charge < -0.3 is 19.9 Å². The Bertz CT molecular complexity index is 930. The Hall–Kier alpha value is -2.66. The van der Waals surface area contributed by atoms with Crippen molar-refractivity contribution in [2.75, 3.05) is 12.3 Å². The smallest absolute Gasteiger partial charge is 0.280 e. The van der Waals surface area contributed by atoms with Gasteiger partial charge in [-0.05, 0) is 19.4 Å². The topological polar surface area (TPSA) is 166 Å². The quantitative estimate of drug-likeness (QED) is 0.460. The first-order chi connectivity index (χ1) is 11.9. The first kappa shape index (κ1) is 15.8. The molecule has 132 valence electrons. The molecule has 2 saturated heterocycles. The molecule has 0 amide bonds. The highest BCUT2D eigenvalue weighted by molar-refractivity contribution is 5.70. The first-order valence-electron chi connectivity index (χ1n) is 7.64. The summed E-state index contributed by atoms with van der Waals surface area (Å²) in [4.78, 5) is 25.4. The van der Waals surface area contributed by atoms with E-state index in [1.807, 2.05) is 0 Å². The van der Waals surface area contributed by atoms with Gasteiger partial charge in [0.2, 0.25) is 5.95 Å². The number of hydrogen-bond donors (Lipinski definition) is 2. The zero-order valence-electron chi connectivity index (χ0n) is 13.5. The van der Waals surface area contributed by atoms with Crippen molar-refractivity contribution >= 4 is 17.1 Å². The molecule has 0 spiro atoms. The predicted molar refractivity (Wildman–Crippen MR) is 84.3 cm³/mol. The lowest BCUT2D eigenvalue weighted by Gasteiger charge is -2.24. The predicted octanol–water partition coefficient (Wildman–Crippen LogP) is 0.430. The van der Waals surface area contributed by atoms with Gasteiger partial charge in [0.25, 0.3) is 5.56 Å². The van der Waals surface area contributed by atoms with Gasteiger partial charge in [0.05, 0.1) is 19.0 Å². The Morgan fingerprint density at radius 2 is 2.24 bits per heavy atom. The summed E-state index contributed by atoms with van der Waals surface area (Å²) >= 11 is 0. The normalized spacial score (nSPS) is 30.3. The number of azide groups is 1. The van der Waals surface area contributed by atoms with Crippen LogP contribution in [0.2, 0.25) is 0 Å². The minimum Gasteiger partial charge on any atom is -0.369 e. The highest BCUT2D eigenvalue weighted by atomic mass is 16.8. The molecule has 3 N–H and O–H groups in total. The van der Waals surface area contributed by atoms with Crippen LogP contribution in [-0.2, 0) is 14.2 Å². The van der Waals surface area contributed by atoms with Crippen molar-refractivity contribution < 1.29 is 14.2 Å². The molecule has 0 radical (unpaired) electrons. The fourth-order valence-corrected chi connectivity index (χ4v) is 3.28. The molecular weight excluding hydrogens is 332 g/mol. The number of aromatic nitrogens is 4. The summed E-state index contributed by atoms with van der Waals surface area (Å²) < 4.78 is 19.4. The Kier molecular flexibility index (Phi) is 3.44. The zero-order chi connectivity index (χ0) is 17.8. The molecule has 2 aliphatic rings. The highest BCUT2D eigenvalue weighted by Crippen LogP contribution is 2.43. The fraction of sp³-hybridized carbons (Fsp3) is 0.615. The molecule has 0 saturated carbocycles. The van der Waals surface area contributed by atoms with Gasteiger partial charge in [-0.2, -0.15) is 4.98 Å². The lowest BCUT2D eigenvalue weighted by Crippen LogP contribution is -2.31. The van der Waals surface area contributed by atoms with Crippen molar-refractivity contribution in [3.63, 3.8) is 0 Å². The van der Waals surface area contributed by atoms with E-state index in [9.17, 15) is 4.79 Å². The number of nitrogen functional groups attached to an aromatic ring is 1. The molecule has 4 heterocycles. The average Bonchev–Trinajstić information content (AvgIpc) is 3.16. The Labute approximate surface area is 140 Å². The number of anilines is 1. The van der Waals surface area contributed by atoms with Gasteiger partial charge in [-0.15, -0.1) is 0 Å². The second-order valence-electron chi connectivity index (χ2n) is 6.32. The second-order valence-corrected chi connectivity index (χ2v) is 6.32. The van der Waals surface area contributed by atoms with Crippen molar-refractivity contribution in [3.8, 4) is 0 Å². The monoisotopic (exact) mass is 348 g/mol. The van der Waals surface area contributed by atoms with E-state index in [1.165, 1.54) is 6.33 Å². The molecule has 1 unspecified atom stereocenters. The highest BCUT2D eigenvalue weighted by Gasteiger charge is 2.55. The summed E-state index contributed by atoms with van der Waals surface area (Å²) in [6.07, 6.45) is -0.608. The van der Waals surface area contributed by atoms with Crippen molar-refractivity contribution in [1.29, 1.82) is 0 Å². The fourth-order valence-electron chi connectivity index (χ4n) is 3.28. The molecule has 12 nitrogen and oxygen atoms in total. The number of imidazole rings is 1. The van der Waals surface area contributed by atoms with Crippen molar-refractivity contribution in [1.82, 2.24) is 19.5 Å². The summed E-state index contributed by atoms with van der Waals surface area (Å²) in [7, 11) is 0. The van der Waals surface area contributed by atoms with Gasteiger partial charge in [-0.1, -0.05) is 5.11 Å². The standard InChI is InChI=1S/C13H16N8O4/c1-13(2)24-7-5(3-17-20-15)23-11(8(7)25-13)21-4-16-6-9(21)18-12(14)19-10(6)22/h4-5,7-8,11H,3H2,1-2H3,(H3,14,18,19,22)/t5-,7?,8+,11-/m1/s1. The number of H-pyrrole nitrogens is 1. The maximum atomic E-state index is 12.0. The lowest BCUT2D eigenvalue weighted by atomic mass is 10.1. The van der Waals surface area contributed by atoms with Crippen LogP contribution in [0.3, 0.4) is 0 Å². The largest absolute Gasteiger partial charge is 0.369 e. The Morgan fingerprint density at radius 3 is 3.00 bits per heavy atom. The number of nitrogens with one attached hydrogen (secondary N) is 1. The molecule has 2 aromatic heterocycles. The summed E-state index contributed by atoms with van der Waals surface area (Å²) in [6, 6.07) is 0. The maximum Gasteiger partial charge on any atom is 0.280 e. The van der Waals surface area contributed by atoms with Gasteiger partial charge >= 0.3 is 0 Å². The number of aromatic amines is 1. The van der Waals surface area contributed by atoms with Crippen LogP contribution in [0.5, 0.6) is 0 Å². The third-order valence-electron chi connectivity index (χ3n) is 4.17. The summed E-state index contributed by atoms with van der Waals surface area (Å²) in [5.41, 5.74) is 14.2. The van der Waals surface area contributed by atoms with Crippen molar-refractivity contribution in [2.45, 2.75) is 44.2 Å². The molecule has 2 fully saturated rings. The maximum absolute atomic E-state index is 12.0. The van der Waals surface area contributed by atoms with Crippen LogP contribution in [0, 0.1) is 0 Å². The molecule has 4 rings (SSSR count). The summed E-state index contributed by atoms with van der Waals surface area (Å²) in [6.45, 7) is 3.68. The Balaban J connectivity index is 1.77. The van der Waals surface area contributed by atoms with E-state index >= 15 is 0 Å². The van der Waals surface area contributed by atoms with Crippen LogP contribution in [0.25, 0.3) is 21.6 Å².